The van der Waals surface area contributed by atoms with Crippen molar-refractivity contribution in [1.82, 2.24) is 4.90 Å². The summed E-state index contributed by atoms with van der Waals surface area (Å²) in [4.78, 5) is 20.1. The zero-order valence-electron chi connectivity index (χ0n) is 13.4. The van der Waals surface area contributed by atoms with Crippen molar-refractivity contribution in [2.75, 3.05) is 20.2 Å². The molecular formula is C18H18N2O3S. The third-order valence-electron chi connectivity index (χ3n) is 4.28. The highest BCUT2D eigenvalue weighted by Gasteiger charge is 2.28. The van der Waals surface area contributed by atoms with Crippen LogP contribution in [0.4, 0.5) is 5.69 Å². The van der Waals surface area contributed by atoms with Crippen molar-refractivity contribution in [3.8, 4) is 0 Å². The van der Waals surface area contributed by atoms with Gasteiger partial charge in [0.1, 0.15) is 5.84 Å². The molecule has 0 atom stereocenters. The number of ether oxygens (including phenoxy) is 1. The number of nitrogens with zero attached hydrogens (tertiary/aromatic N) is 2. The standard InChI is InChI=1S/C18H18N2O3S/c1-22-17(21)14-11-12-16(20-9-5-2-6-10-20)19-13-7-3-4-8-15(13)24-18(12)23-14/h3-4,7-8,11H,2,5-6,9-10H2,1H3. The van der Waals surface area contributed by atoms with E-state index < -0.39 is 5.97 Å². The quantitative estimate of drug-likeness (QED) is 0.731. The maximum Gasteiger partial charge on any atom is 0.374 e. The Morgan fingerprint density at radius 3 is 2.83 bits per heavy atom. The minimum Gasteiger partial charge on any atom is -0.463 e. The molecule has 0 aliphatic carbocycles. The third kappa shape index (κ3) is 2.71. The summed E-state index contributed by atoms with van der Waals surface area (Å²) in [6.07, 6.45) is 3.57. The molecule has 0 radical (unpaired) electrons. The number of likely N-dealkylation sites (tertiary alicyclic amines) is 1. The molecule has 1 saturated heterocycles. The molecule has 2 aliphatic heterocycles. The number of amidine groups is 1. The number of esters is 1. The first-order chi connectivity index (χ1) is 11.8. The highest BCUT2D eigenvalue weighted by atomic mass is 32.2. The molecule has 5 nitrogen and oxygen atoms in total. The molecule has 0 amide bonds. The van der Waals surface area contributed by atoms with E-state index in [1.807, 2.05) is 24.3 Å². The third-order valence-corrected chi connectivity index (χ3v) is 5.33. The number of hydrogen-bond donors (Lipinski definition) is 0. The van der Waals surface area contributed by atoms with E-state index in [4.69, 9.17) is 14.1 Å². The lowest BCUT2D eigenvalue weighted by Gasteiger charge is -2.29. The molecule has 24 heavy (non-hydrogen) atoms. The topological polar surface area (TPSA) is 55.0 Å². The fourth-order valence-corrected chi connectivity index (χ4v) is 4.02. The van der Waals surface area contributed by atoms with Crippen molar-refractivity contribution in [3.05, 3.63) is 41.7 Å². The Morgan fingerprint density at radius 2 is 2.04 bits per heavy atom. The van der Waals surface area contributed by atoms with Gasteiger partial charge in [-0.3, -0.25) is 0 Å². The van der Waals surface area contributed by atoms with Crippen molar-refractivity contribution in [2.24, 2.45) is 4.99 Å². The number of benzene rings is 1. The van der Waals surface area contributed by atoms with Crippen LogP contribution in [0.1, 0.15) is 35.4 Å². The summed E-state index contributed by atoms with van der Waals surface area (Å²) in [6.45, 7) is 1.95. The highest BCUT2D eigenvalue weighted by molar-refractivity contribution is 7.99. The molecule has 124 valence electrons. The van der Waals surface area contributed by atoms with Gasteiger partial charge in [0.2, 0.25) is 5.76 Å². The van der Waals surface area contributed by atoms with Crippen molar-refractivity contribution in [3.63, 3.8) is 0 Å². The van der Waals surface area contributed by atoms with Gasteiger partial charge in [0.15, 0.2) is 5.09 Å². The van der Waals surface area contributed by atoms with Crippen LogP contribution in [0.5, 0.6) is 0 Å². The Labute approximate surface area is 144 Å². The summed E-state index contributed by atoms with van der Waals surface area (Å²) in [5, 5.41) is 0.699. The number of rotatable bonds is 1. The van der Waals surface area contributed by atoms with Gasteiger partial charge in [0, 0.05) is 24.1 Å². The first-order valence-corrected chi connectivity index (χ1v) is 8.91. The van der Waals surface area contributed by atoms with E-state index in [1.54, 1.807) is 6.07 Å². The van der Waals surface area contributed by atoms with Gasteiger partial charge in [-0.05, 0) is 43.2 Å². The summed E-state index contributed by atoms with van der Waals surface area (Å²) >= 11 is 1.50. The summed E-state index contributed by atoms with van der Waals surface area (Å²) < 4.78 is 10.6. The first kappa shape index (κ1) is 15.3. The second-order valence-electron chi connectivity index (χ2n) is 5.86. The zero-order chi connectivity index (χ0) is 16.5. The number of hydrogen-bond acceptors (Lipinski definition) is 6. The van der Waals surface area contributed by atoms with Gasteiger partial charge >= 0.3 is 5.97 Å². The molecule has 0 bridgehead atoms. The Hall–Kier alpha value is -2.21. The van der Waals surface area contributed by atoms with E-state index in [0.717, 1.165) is 47.9 Å². The molecule has 0 saturated carbocycles. The lowest BCUT2D eigenvalue weighted by Crippen LogP contribution is -2.36. The molecule has 1 fully saturated rings. The van der Waals surface area contributed by atoms with Crippen molar-refractivity contribution < 1.29 is 13.9 Å². The number of carbonyl (C=O) groups is 1. The maximum atomic E-state index is 11.9. The van der Waals surface area contributed by atoms with E-state index in [1.165, 1.54) is 25.3 Å². The van der Waals surface area contributed by atoms with Crippen molar-refractivity contribution >= 4 is 29.3 Å². The average Bonchev–Trinajstić information content (AvgIpc) is 2.98. The molecule has 0 unspecified atom stereocenters. The van der Waals surface area contributed by atoms with E-state index in [9.17, 15) is 4.79 Å². The molecule has 2 aliphatic rings. The summed E-state index contributed by atoms with van der Waals surface area (Å²) in [5.74, 6) is 0.648. The fourth-order valence-electron chi connectivity index (χ4n) is 3.06. The van der Waals surface area contributed by atoms with Crippen LogP contribution in [0, 0.1) is 0 Å². The van der Waals surface area contributed by atoms with Gasteiger partial charge < -0.3 is 14.1 Å². The molecule has 1 aromatic carbocycles. The van der Waals surface area contributed by atoms with Crippen LogP contribution in [0.25, 0.3) is 0 Å². The number of fused-ring (bicyclic) bond motifs is 2. The molecule has 2 aromatic rings. The highest BCUT2D eigenvalue weighted by Crippen LogP contribution is 2.42. The van der Waals surface area contributed by atoms with Gasteiger partial charge in [-0.1, -0.05) is 12.1 Å². The Bertz CT molecular complexity index is 806. The summed E-state index contributed by atoms with van der Waals surface area (Å²) in [5.41, 5.74) is 1.81. The second kappa shape index (κ2) is 6.36. The van der Waals surface area contributed by atoms with Crippen LogP contribution >= 0.6 is 11.8 Å². The van der Waals surface area contributed by atoms with Crippen molar-refractivity contribution in [1.29, 1.82) is 0 Å². The Balaban J connectivity index is 1.84. The molecular weight excluding hydrogens is 324 g/mol. The number of carbonyl (C=O) groups excluding carboxylic acids is 1. The van der Waals surface area contributed by atoms with Gasteiger partial charge in [0.05, 0.1) is 18.4 Å². The Kier molecular flexibility index (Phi) is 4.06. The van der Waals surface area contributed by atoms with E-state index in [2.05, 4.69) is 4.90 Å². The number of methoxy groups -OCH3 is 1. The van der Waals surface area contributed by atoms with Gasteiger partial charge in [-0.2, -0.15) is 0 Å². The monoisotopic (exact) mass is 342 g/mol. The fraction of sp³-hybridized carbons (Fsp3) is 0.333. The molecule has 0 spiro atoms. The normalized spacial score (nSPS) is 16.7. The molecule has 3 heterocycles. The van der Waals surface area contributed by atoms with Crippen LogP contribution < -0.4 is 0 Å². The molecule has 0 N–H and O–H groups in total. The largest absolute Gasteiger partial charge is 0.463 e. The SMILES string of the molecule is COC(=O)c1cc2c(o1)Sc1ccccc1N=C2N1CCCCC1. The van der Waals surface area contributed by atoms with Crippen LogP contribution in [-0.2, 0) is 4.74 Å². The number of aliphatic imine (C=N–C) groups is 1. The predicted octanol–water partition coefficient (Wildman–Crippen LogP) is 4.10. The van der Waals surface area contributed by atoms with Crippen LogP contribution in [0.15, 0.2) is 49.7 Å². The second-order valence-corrected chi connectivity index (χ2v) is 6.87. The van der Waals surface area contributed by atoms with E-state index >= 15 is 0 Å². The molecule has 4 rings (SSSR count). The van der Waals surface area contributed by atoms with Crippen molar-refractivity contribution in [2.45, 2.75) is 29.3 Å². The lowest BCUT2D eigenvalue weighted by molar-refractivity contribution is 0.0559. The number of piperidine rings is 1. The van der Waals surface area contributed by atoms with Crippen LogP contribution in [0.2, 0.25) is 0 Å². The average molecular weight is 342 g/mol. The summed E-state index contributed by atoms with van der Waals surface area (Å²) in [6, 6.07) is 9.76. The van der Waals surface area contributed by atoms with E-state index in [0.29, 0.717) is 5.09 Å². The minimum absolute atomic E-state index is 0.221. The smallest absolute Gasteiger partial charge is 0.374 e. The van der Waals surface area contributed by atoms with Crippen LogP contribution in [-0.4, -0.2) is 36.9 Å². The summed E-state index contributed by atoms with van der Waals surface area (Å²) in [7, 11) is 1.36. The predicted molar refractivity (Wildman–Crippen MR) is 92.2 cm³/mol. The molecule has 1 aromatic heterocycles. The number of furan rings is 1. The number of para-hydroxylation sites is 1. The van der Waals surface area contributed by atoms with Gasteiger partial charge in [0.25, 0.3) is 0 Å². The van der Waals surface area contributed by atoms with Gasteiger partial charge in [-0.25, -0.2) is 9.79 Å². The first-order valence-electron chi connectivity index (χ1n) is 8.09. The van der Waals surface area contributed by atoms with Gasteiger partial charge in [-0.15, -0.1) is 0 Å². The Morgan fingerprint density at radius 1 is 1.25 bits per heavy atom. The van der Waals surface area contributed by atoms with E-state index in [-0.39, 0.29) is 5.76 Å². The lowest BCUT2D eigenvalue weighted by atomic mass is 10.1. The van der Waals surface area contributed by atoms with Crippen LogP contribution in [0.3, 0.4) is 0 Å². The molecule has 6 heteroatoms. The maximum absolute atomic E-state index is 11.9. The minimum atomic E-state index is -0.463. The zero-order valence-corrected chi connectivity index (χ0v) is 14.3.